The lowest BCUT2D eigenvalue weighted by atomic mass is 10.0. The predicted octanol–water partition coefficient (Wildman–Crippen LogP) is 2.47. The summed E-state index contributed by atoms with van der Waals surface area (Å²) in [6.45, 7) is 5.27. The zero-order valence-corrected chi connectivity index (χ0v) is 14.0. The topological polar surface area (TPSA) is 63.0 Å². The Labute approximate surface area is 137 Å². The molecule has 5 nitrogen and oxygen atoms in total. The van der Waals surface area contributed by atoms with E-state index in [0.717, 1.165) is 50.3 Å². The SMILES string of the molecule is CCc1nc2n(n1)C[C@H](N[C@H](C)CCc1ccc(O)cc1)CC2. The standard InChI is InChI=1S/C18H26N4O/c1-3-17-20-18-11-8-15(12-22(18)21-17)19-13(2)4-5-14-6-9-16(23)10-7-14/h6-7,9-10,13,15,19,23H,3-5,8,11-12H2,1-2H3/t13-,15-/m1/s1. The number of fused-ring (bicyclic) bond motifs is 1. The van der Waals surface area contributed by atoms with E-state index >= 15 is 0 Å². The van der Waals surface area contributed by atoms with Crippen LogP contribution in [0.25, 0.3) is 0 Å². The van der Waals surface area contributed by atoms with E-state index < -0.39 is 0 Å². The largest absolute Gasteiger partial charge is 0.508 e. The molecule has 2 N–H and O–H groups in total. The van der Waals surface area contributed by atoms with Crippen molar-refractivity contribution in [1.29, 1.82) is 0 Å². The van der Waals surface area contributed by atoms with Crippen molar-refractivity contribution in [2.24, 2.45) is 0 Å². The van der Waals surface area contributed by atoms with Crippen molar-refractivity contribution >= 4 is 0 Å². The molecule has 0 amide bonds. The number of phenolic OH excluding ortho intramolecular Hbond substituents is 1. The van der Waals surface area contributed by atoms with Crippen LogP contribution in [0.3, 0.4) is 0 Å². The fraction of sp³-hybridized carbons (Fsp3) is 0.556. The summed E-state index contributed by atoms with van der Waals surface area (Å²) in [5.74, 6) is 2.43. The molecule has 3 rings (SSSR count). The lowest BCUT2D eigenvalue weighted by molar-refractivity contribution is 0.325. The number of hydrogen-bond acceptors (Lipinski definition) is 4. The molecule has 0 radical (unpaired) electrons. The molecule has 0 aliphatic carbocycles. The highest BCUT2D eigenvalue weighted by Crippen LogP contribution is 2.15. The van der Waals surface area contributed by atoms with Crippen LogP contribution in [0.1, 0.15) is 43.9 Å². The molecule has 124 valence electrons. The second-order valence-electron chi connectivity index (χ2n) is 6.49. The van der Waals surface area contributed by atoms with Crippen LogP contribution < -0.4 is 5.32 Å². The Morgan fingerprint density at radius 2 is 2.13 bits per heavy atom. The molecule has 2 heterocycles. The van der Waals surface area contributed by atoms with Crippen LogP contribution in [0, 0.1) is 0 Å². The van der Waals surface area contributed by atoms with Crippen LogP contribution in [-0.4, -0.2) is 32.0 Å². The Morgan fingerprint density at radius 3 is 2.87 bits per heavy atom. The zero-order valence-electron chi connectivity index (χ0n) is 14.0. The van der Waals surface area contributed by atoms with E-state index in [-0.39, 0.29) is 0 Å². The van der Waals surface area contributed by atoms with Gasteiger partial charge in [0, 0.05) is 24.9 Å². The molecule has 1 aliphatic rings. The molecule has 0 fully saturated rings. The maximum Gasteiger partial charge on any atom is 0.150 e. The van der Waals surface area contributed by atoms with E-state index in [4.69, 9.17) is 0 Å². The quantitative estimate of drug-likeness (QED) is 0.860. The second kappa shape index (κ2) is 7.13. The number of aromatic nitrogens is 3. The Balaban J connectivity index is 1.48. The van der Waals surface area contributed by atoms with E-state index in [9.17, 15) is 5.11 Å². The fourth-order valence-corrected chi connectivity index (χ4v) is 3.18. The third-order valence-electron chi connectivity index (χ3n) is 4.54. The number of hydrogen-bond donors (Lipinski definition) is 2. The normalized spacial score (nSPS) is 18.6. The third kappa shape index (κ3) is 4.10. The minimum atomic E-state index is 0.331. The van der Waals surface area contributed by atoms with E-state index in [0.29, 0.717) is 17.8 Å². The molecule has 0 saturated carbocycles. The van der Waals surface area contributed by atoms with Crippen LogP contribution in [0.5, 0.6) is 5.75 Å². The van der Waals surface area contributed by atoms with Crippen LogP contribution in [0.2, 0.25) is 0 Å². The van der Waals surface area contributed by atoms with Crippen molar-refractivity contribution in [2.45, 2.75) is 64.6 Å². The van der Waals surface area contributed by atoms with Crippen molar-refractivity contribution in [3.05, 3.63) is 41.5 Å². The van der Waals surface area contributed by atoms with Gasteiger partial charge in [0.05, 0.1) is 6.54 Å². The maximum absolute atomic E-state index is 9.32. The van der Waals surface area contributed by atoms with Gasteiger partial charge in [0.1, 0.15) is 11.6 Å². The first-order chi connectivity index (χ1) is 11.1. The highest BCUT2D eigenvalue weighted by Gasteiger charge is 2.22. The molecular weight excluding hydrogens is 288 g/mol. The smallest absolute Gasteiger partial charge is 0.150 e. The van der Waals surface area contributed by atoms with Crippen molar-refractivity contribution in [3.8, 4) is 5.75 Å². The third-order valence-corrected chi connectivity index (χ3v) is 4.54. The zero-order chi connectivity index (χ0) is 16.2. The second-order valence-corrected chi connectivity index (χ2v) is 6.49. The number of benzene rings is 1. The van der Waals surface area contributed by atoms with Gasteiger partial charge in [0.15, 0.2) is 5.82 Å². The number of phenols is 1. The molecule has 0 saturated heterocycles. The van der Waals surface area contributed by atoms with Gasteiger partial charge in [-0.2, -0.15) is 5.10 Å². The number of nitrogens with zero attached hydrogens (tertiary/aromatic N) is 3. The Hall–Kier alpha value is -1.88. The average Bonchev–Trinajstić information content (AvgIpc) is 2.97. The first-order valence-electron chi connectivity index (χ1n) is 8.60. The van der Waals surface area contributed by atoms with Crippen LogP contribution in [0.4, 0.5) is 0 Å². The molecule has 5 heteroatoms. The molecule has 0 unspecified atom stereocenters. The highest BCUT2D eigenvalue weighted by molar-refractivity contribution is 5.25. The van der Waals surface area contributed by atoms with E-state index in [1.54, 1.807) is 12.1 Å². The molecule has 2 aromatic rings. The first kappa shape index (κ1) is 16.0. The van der Waals surface area contributed by atoms with Gasteiger partial charge in [-0.25, -0.2) is 9.67 Å². The average molecular weight is 314 g/mol. The highest BCUT2D eigenvalue weighted by atomic mass is 16.3. The van der Waals surface area contributed by atoms with Gasteiger partial charge >= 0.3 is 0 Å². The number of aromatic hydroxyl groups is 1. The Kier molecular flexibility index (Phi) is 4.96. The summed E-state index contributed by atoms with van der Waals surface area (Å²) in [6, 6.07) is 8.44. The molecule has 2 atom stereocenters. The molecule has 1 aromatic carbocycles. The van der Waals surface area contributed by atoms with Crippen LogP contribution >= 0.6 is 0 Å². The lowest BCUT2D eigenvalue weighted by Crippen LogP contribution is -2.42. The Morgan fingerprint density at radius 1 is 1.35 bits per heavy atom. The minimum absolute atomic E-state index is 0.331. The summed E-state index contributed by atoms with van der Waals surface area (Å²) in [5, 5.41) is 17.6. The van der Waals surface area contributed by atoms with E-state index in [2.05, 4.69) is 33.9 Å². The van der Waals surface area contributed by atoms with Gasteiger partial charge in [0.2, 0.25) is 0 Å². The summed E-state index contributed by atoms with van der Waals surface area (Å²) in [6.07, 6.45) is 5.16. The van der Waals surface area contributed by atoms with E-state index in [1.807, 2.05) is 12.1 Å². The minimum Gasteiger partial charge on any atom is -0.508 e. The predicted molar refractivity (Wildman–Crippen MR) is 90.5 cm³/mol. The molecule has 1 aromatic heterocycles. The van der Waals surface area contributed by atoms with Gasteiger partial charge < -0.3 is 10.4 Å². The lowest BCUT2D eigenvalue weighted by Gasteiger charge is -2.27. The monoisotopic (exact) mass is 314 g/mol. The number of aryl methyl sites for hydroxylation is 3. The molecule has 0 spiro atoms. The molecule has 0 bridgehead atoms. The Bertz CT molecular complexity index is 635. The van der Waals surface area contributed by atoms with E-state index in [1.165, 1.54) is 5.56 Å². The maximum atomic E-state index is 9.32. The molecular formula is C18H26N4O. The van der Waals surface area contributed by atoms with Crippen molar-refractivity contribution < 1.29 is 5.11 Å². The summed E-state index contributed by atoms with van der Waals surface area (Å²) < 4.78 is 2.08. The summed E-state index contributed by atoms with van der Waals surface area (Å²) in [7, 11) is 0. The first-order valence-corrected chi connectivity index (χ1v) is 8.60. The van der Waals surface area contributed by atoms with Gasteiger partial charge in [-0.05, 0) is 43.9 Å². The van der Waals surface area contributed by atoms with Gasteiger partial charge in [-0.15, -0.1) is 0 Å². The van der Waals surface area contributed by atoms with Gasteiger partial charge in [-0.3, -0.25) is 0 Å². The van der Waals surface area contributed by atoms with Crippen LogP contribution in [-0.2, 0) is 25.8 Å². The van der Waals surface area contributed by atoms with Crippen molar-refractivity contribution in [3.63, 3.8) is 0 Å². The summed E-state index contributed by atoms with van der Waals surface area (Å²) in [4.78, 5) is 4.57. The number of nitrogens with one attached hydrogen (secondary N) is 1. The summed E-state index contributed by atoms with van der Waals surface area (Å²) in [5.41, 5.74) is 1.27. The fourth-order valence-electron chi connectivity index (χ4n) is 3.18. The molecule has 1 aliphatic heterocycles. The van der Waals surface area contributed by atoms with Gasteiger partial charge in [-0.1, -0.05) is 19.1 Å². The van der Waals surface area contributed by atoms with Crippen LogP contribution in [0.15, 0.2) is 24.3 Å². The van der Waals surface area contributed by atoms with Gasteiger partial charge in [0.25, 0.3) is 0 Å². The summed E-state index contributed by atoms with van der Waals surface area (Å²) >= 11 is 0. The molecule has 23 heavy (non-hydrogen) atoms. The van der Waals surface area contributed by atoms with Crippen molar-refractivity contribution in [2.75, 3.05) is 0 Å². The number of rotatable bonds is 6. The van der Waals surface area contributed by atoms with Crippen molar-refractivity contribution in [1.82, 2.24) is 20.1 Å².